The van der Waals surface area contributed by atoms with Gasteiger partial charge in [0.2, 0.25) is 0 Å². The maximum atomic E-state index is 10.2. The summed E-state index contributed by atoms with van der Waals surface area (Å²) in [6, 6.07) is 8.19. The molecule has 2 rings (SSSR count). The van der Waals surface area contributed by atoms with Gasteiger partial charge in [0, 0.05) is 18.1 Å². The summed E-state index contributed by atoms with van der Waals surface area (Å²) in [6.45, 7) is 0. The molecule has 1 heterocycles. The van der Waals surface area contributed by atoms with Gasteiger partial charge in [-0.15, -0.1) is 0 Å². The van der Waals surface area contributed by atoms with Crippen molar-refractivity contribution in [2.24, 2.45) is 0 Å². The average Bonchev–Trinajstić information content (AvgIpc) is 2.62. The van der Waals surface area contributed by atoms with Gasteiger partial charge in [0.15, 0.2) is 0 Å². The molecule has 0 unspecified atom stereocenters. The maximum Gasteiger partial charge on any atom is 0.120 e. The fraction of sp³-hybridized carbons (Fsp3) is 0.182. The number of hydrogen-bond acceptors (Lipinski definition) is 1. The molecule has 0 bridgehead atoms. The molecule has 2 aromatic rings. The van der Waals surface area contributed by atoms with Crippen molar-refractivity contribution in [3.05, 3.63) is 36.0 Å². The quantitative estimate of drug-likeness (QED) is 0.710. The molecule has 2 heteroatoms. The third-order valence-electron chi connectivity index (χ3n) is 2.21. The molecule has 1 aromatic heterocycles. The van der Waals surface area contributed by atoms with Crippen LogP contribution in [0.1, 0.15) is 12.0 Å². The van der Waals surface area contributed by atoms with Gasteiger partial charge in [-0.25, -0.2) is 0 Å². The van der Waals surface area contributed by atoms with E-state index in [9.17, 15) is 4.79 Å². The largest absolute Gasteiger partial charge is 0.361 e. The first-order chi connectivity index (χ1) is 6.42. The molecular weight excluding hydrogens is 162 g/mol. The third kappa shape index (κ3) is 1.47. The molecule has 0 spiro atoms. The van der Waals surface area contributed by atoms with Crippen LogP contribution in [0.2, 0.25) is 0 Å². The second-order valence-electron chi connectivity index (χ2n) is 3.06. The normalized spacial score (nSPS) is 10.5. The van der Waals surface area contributed by atoms with E-state index in [0.717, 1.165) is 18.2 Å². The van der Waals surface area contributed by atoms with Crippen molar-refractivity contribution >= 4 is 17.2 Å². The summed E-state index contributed by atoms with van der Waals surface area (Å²) in [5.41, 5.74) is 2.37. The molecule has 0 saturated carbocycles. The fourth-order valence-corrected chi connectivity index (χ4v) is 1.57. The molecule has 0 aliphatic rings. The number of fused-ring (bicyclic) bond motifs is 1. The summed E-state index contributed by atoms with van der Waals surface area (Å²) in [5, 5.41) is 1.21. The summed E-state index contributed by atoms with van der Waals surface area (Å²) < 4.78 is 0. The minimum atomic E-state index is 0.595. The molecule has 1 N–H and O–H groups in total. The SMILES string of the molecule is O=CCCc1cccc2cc[nH]c12. The topological polar surface area (TPSA) is 32.9 Å². The van der Waals surface area contributed by atoms with Crippen LogP contribution in [0, 0.1) is 0 Å². The third-order valence-corrected chi connectivity index (χ3v) is 2.21. The smallest absolute Gasteiger partial charge is 0.120 e. The zero-order valence-corrected chi connectivity index (χ0v) is 7.29. The number of H-pyrrole nitrogens is 1. The molecule has 66 valence electrons. The standard InChI is InChI=1S/C11H11NO/c13-8-2-5-9-3-1-4-10-6-7-12-11(9)10/h1,3-4,6-8,12H,2,5H2. The second kappa shape index (κ2) is 3.44. The van der Waals surface area contributed by atoms with Gasteiger partial charge in [0.1, 0.15) is 6.29 Å². The monoisotopic (exact) mass is 173 g/mol. The lowest BCUT2D eigenvalue weighted by Gasteiger charge is -1.99. The van der Waals surface area contributed by atoms with Gasteiger partial charge in [-0.2, -0.15) is 0 Å². The molecule has 1 aromatic carbocycles. The van der Waals surface area contributed by atoms with Gasteiger partial charge < -0.3 is 9.78 Å². The van der Waals surface area contributed by atoms with E-state index in [1.165, 1.54) is 10.9 Å². The Morgan fingerprint density at radius 2 is 2.23 bits per heavy atom. The van der Waals surface area contributed by atoms with Gasteiger partial charge in [-0.3, -0.25) is 0 Å². The lowest BCUT2D eigenvalue weighted by Crippen LogP contribution is -1.87. The zero-order chi connectivity index (χ0) is 9.10. The van der Waals surface area contributed by atoms with Crippen molar-refractivity contribution in [3.63, 3.8) is 0 Å². The van der Waals surface area contributed by atoms with Crippen molar-refractivity contribution in [1.29, 1.82) is 0 Å². The van der Waals surface area contributed by atoms with Crippen molar-refractivity contribution in [2.45, 2.75) is 12.8 Å². The van der Waals surface area contributed by atoms with Crippen LogP contribution in [-0.2, 0) is 11.2 Å². The zero-order valence-electron chi connectivity index (χ0n) is 7.29. The summed E-state index contributed by atoms with van der Waals surface area (Å²) in [5.74, 6) is 0. The fourth-order valence-electron chi connectivity index (χ4n) is 1.57. The summed E-state index contributed by atoms with van der Waals surface area (Å²) in [4.78, 5) is 13.4. The Labute approximate surface area is 76.6 Å². The number of aromatic nitrogens is 1. The molecule has 0 aliphatic heterocycles. The number of rotatable bonds is 3. The van der Waals surface area contributed by atoms with Crippen LogP contribution in [0.25, 0.3) is 10.9 Å². The van der Waals surface area contributed by atoms with Crippen LogP contribution in [-0.4, -0.2) is 11.3 Å². The number of nitrogens with one attached hydrogen (secondary N) is 1. The Hall–Kier alpha value is -1.57. The van der Waals surface area contributed by atoms with Crippen molar-refractivity contribution in [2.75, 3.05) is 0 Å². The number of hydrogen-bond donors (Lipinski definition) is 1. The van der Waals surface area contributed by atoms with Crippen LogP contribution in [0.5, 0.6) is 0 Å². The van der Waals surface area contributed by atoms with Gasteiger partial charge in [-0.05, 0) is 23.4 Å². The van der Waals surface area contributed by atoms with Crippen molar-refractivity contribution in [1.82, 2.24) is 4.98 Å². The number of benzene rings is 1. The minimum Gasteiger partial charge on any atom is -0.361 e. The molecular formula is C11H11NO. The first-order valence-corrected chi connectivity index (χ1v) is 4.40. The molecule has 0 aliphatic carbocycles. The van der Waals surface area contributed by atoms with Crippen LogP contribution in [0.4, 0.5) is 0 Å². The minimum absolute atomic E-state index is 0.595. The predicted molar refractivity (Wildman–Crippen MR) is 52.7 cm³/mol. The van der Waals surface area contributed by atoms with E-state index in [1.54, 1.807) is 0 Å². The maximum absolute atomic E-state index is 10.2. The van der Waals surface area contributed by atoms with Gasteiger partial charge in [0.25, 0.3) is 0 Å². The molecule has 13 heavy (non-hydrogen) atoms. The van der Waals surface area contributed by atoms with E-state index in [0.29, 0.717) is 6.42 Å². The predicted octanol–water partition coefficient (Wildman–Crippen LogP) is 2.30. The Morgan fingerprint density at radius 1 is 1.31 bits per heavy atom. The summed E-state index contributed by atoms with van der Waals surface area (Å²) >= 11 is 0. The van der Waals surface area contributed by atoms with Crippen LogP contribution >= 0.6 is 0 Å². The van der Waals surface area contributed by atoms with Crippen molar-refractivity contribution < 1.29 is 4.79 Å². The molecule has 0 fully saturated rings. The highest BCUT2D eigenvalue weighted by atomic mass is 16.1. The van der Waals surface area contributed by atoms with E-state index in [4.69, 9.17) is 0 Å². The van der Waals surface area contributed by atoms with Crippen molar-refractivity contribution in [3.8, 4) is 0 Å². The highest BCUT2D eigenvalue weighted by Gasteiger charge is 1.99. The Morgan fingerprint density at radius 3 is 3.08 bits per heavy atom. The number of para-hydroxylation sites is 1. The molecule has 2 nitrogen and oxygen atoms in total. The lowest BCUT2D eigenvalue weighted by molar-refractivity contribution is -0.107. The Bertz CT molecular complexity index is 417. The van der Waals surface area contributed by atoms with E-state index in [-0.39, 0.29) is 0 Å². The van der Waals surface area contributed by atoms with Gasteiger partial charge in [0.05, 0.1) is 0 Å². The number of carbonyl (C=O) groups is 1. The highest BCUT2D eigenvalue weighted by molar-refractivity contribution is 5.82. The molecule has 0 amide bonds. The van der Waals surface area contributed by atoms with E-state index >= 15 is 0 Å². The molecule has 0 atom stereocenters. The Kier molecular flexibility index (Phi) is 2.13. The Balaban J connectivity index is 2.42. The van der Waals surface area contributed by atoms with Crippen LogP contribution in [0.3, 0.4) is 0 Å². The van der Waals surface area contributed by atoms with E-state index < -0.39 is 0 Å². The van der Waals surface area contributed by atoms with E-state index in [2.05, 4.69) is 17.1 Å². The average molecular weight is 173 g/mol. The van der Waals surface area contributed by atoms with Gasteiger partial charge >= 0.3 is 0 Å². The number of aromatic amines is 1. The summed E-state index contributed by atoms with van der Waals surface area (Å²) in [7, 11) is 0. The van der Waals surface area contributed by atoms with Crippen LogP contribution < -0.4 is 0 Å². The van der Waals surface area contributed by atoms with E-state index in [1.807, 2.05) is 18.3 Å². The van der Waals surface area contributed by atoms with Crippen LogP contribution in [0.15, 0.2) is 30.5 Å². The van der Waals surface area contributed by atoms with Gasteiger partial charge in [-0.1, -0.05) is 18.2 Å². The number of aryl methyl sites for hydroxylation is 1. The second-order valence-corrected chi connectivity index (χ2v) is 3.06. The highest BCUT2D eigenvalue weighted by Crippen LogP contribution is 2.17. The molecule has 0 saturated heterocycles. The first-order valence-electron chi connectivity index (χ1n) is 4.40. The summed E-state index contributed by atoms with van der Waals surface area (Å²) in [6.07, 6.45) is 4.30. The lowest BCUT2D eigenvalue weighted by atomic mass is 10.1. The first kappa shape index (κ1) is 8.05. The molecule has 0 radical (unpaired) electrons. The number of carbonyl (C=O) groups excluding carboxylic acids is 1. The number of aldehydes is 1.